The maximum absolute atomic E-state index is 12.9. The van der Waals surface area contributed by atoms with Crippen LogP contribution in [0.1, 0.15) is 36.2 Å². The number of rotatable bonds is 6. The van der Waals surface area contributed by atoms with E-state index in [0.29, 0.717) is 41.1 Å². The summed E-state index contributed by atoms with van der Waals surface area (Å²) in [6, 6.07) is 3.53. The van der Waals surface area contributed by atoms with Crippen LogP contribution in [0.5, 0.6) is 11.5 Å². The van der Waals surface area contributed by atoms with Crippen LogP contribution in [0.2, 0.25) is 0 Å². The van der Waals surface area contributed by atoms with Gasteiger partial charge in [0, 0.05) is 13.6 Å². The van der Waals surface area contributed by atoms with Crippen LogP contribution in [-0.2, 0) is 13.6 Å². The van der Waals surface area contributed by atoms with Crippen molar-refractivity contribution < 1.29 is 14.3 Å². The molecule has 0 bridgehead atoms. The molecule has 2 aromatic rings. The number of aromatic nitrogens is 2. The van der Waals surface area contributed by atoms with E-state index in [1.807, 2.05) is 13.8 Å². The van der Waals surface area contributed by atoms with Gasteiger partial charge in [-0.15, -0.1) is 0 Å². The number of methoxy groups -OCH3 is 1. The second kappa shape index (κ2) is 8.28. The van der Waals surface area contributed by atoms with Crippen molar-refractivity contribution >= 4 is 33.6 Å². The van der Waals surface area contributed by atoms with Crippen molar-refractivity contribution in [2.75, 3.05) is 19.0 Å². The Bertz CT molecular complexity index is 1130. The van der Waals surface area contributed by atoms with Gasteiger partial charge in [-0.1, -0.05) is 6.92 Å². The highest BCUT2D eigenvalue weighted by Crippen LogP contribution is 2.37. The molecule has 1 aromatic heterocycles. The Kier molecular flexibility index (Phi) is 5.97. The topological polar surface area (TPSA) is 91.6 Å². The fourth-order valence-corrected chi connectivity index (χ4v) is 3.87. The summed E-state index contributed by atoms with van der Waals surface area (Å²) in [6.45, 7) is 4.62. The van der Waals surface area contributed by atoms with Crippen molar-refractivity contribution in [1.29, 1.82) is 0 Å². The van der Waals surface area contributed by atoms with Gasteiger partial charge in [-0.05, 0) is 53.0 Å². The fraction of sp³-hybridized carbons (Fsp3) is 0.350. The van der Waals surface area contributed by atoms with E-state index >= 15 is 0 Å². The molecule has 3 rings (SSSR count). The molecule has 29 heavy (non-hydrogen) atoms. The Labute approximate surface area is 175 Å². The zero-order chi connectivity index (χ0) is 21.3. The van der Waals surface area contributed by atoms with Crippen LogP contribution in [0.15, 0.2) is 31.9 Å². The lowest BCUT2D eigenvalue weighted by Gasteiger charge is -2.12. The third kappa shape index (κ3) is 3.62. The summed E-state index contributed by atoms with van der Waals surface area (Å²) >= 11 is 3.45. The first-order valence-corrected chi connectivity index (χ1v) is 10.0. The first-order chi connectivity index (χ1) is 13.8. The van der Waals surface area contributed by atoms with Crippen LogP contribution in [0, 0.1) is 0 Å². The number of anilines is 1. The maximum Gasteiger partial charge on any atom is 0.332 e. The number of nitrogens with zero attached hydrogens (tertiary/aromatic N) is 2. The molecule has 9 heteroatoms. The number of allylic oxidation sites excluding steroid dienone is 1. The van der Waals surface area contributed by atoms with Gasteiger partial charge in [-0.25, -0.2) is 4.79 Å². The van der Waals surface area contributed by atoms with E-state index in [1.54, 1.807) is 25.3 Å². The third-order valence-corrected chi connectivity index (χ3v) is 5.15. The van der Waals surface area contributed by atoms with Gasteiger partial charge in [-0.3, -0.25) is 18.7 Å². The average Bonchev–Trinajstić information content (AvgIpc) is 3.00. The minimum absolute atomic E-state index is 0.0237. The van der Waals surface area contributed by atoms with Crippen LogP contribution < -0.4 is 26.0 Å². The number of ketones is 1. The number of hydrogen-bond donors (Lipinski definition) is 1. The Balaban J connectivity index is 2.13. The molecule has 0 saturated heterocycles. The summed E-state index contributed by atoms with van der Waals surface area (Å²) < 4.78 is 14.0. The average molecular weight is 464 g/mol. The Morgan fingerprint density at radius 2 is 1.93 bits per heavy atom. The number of Topliss-reactive ketones (excluding diaryl/α,β-unsaturated/α-hetero) is 1. The predicted octanol–water partition coefficient (Wildman–Crippen LogP) is 2.78. The smallest absolute Gasteiger partial charge is 0.332 e. The standard InChI is InChI=1S/C20H22BrN3O5/c1-5-7-24-18-15(19(26)23(3)20(24)27)16(25)13(22-18)9-11-8-12(21)17(28-4)14(10-11)29-6-2/h8-10,22H,5-7H2,1-4H3/b13-9+. The minimum Gasteiger partial charge on any atom is -0.492 e. The highest BCUT2D eigenvalue weighted by molar-refractivity contribution is 9.10. The lowest BCUT2D eigenvalue weighted by atomic mass is 10.1. The van der Waals surface area contributed by atoms with E-state index in [0.717, 1.165) is 4.57 Å². The van der Waals surface area contributed by atoms with Crippen molar-refractivity contribution in [3.05, 3.63) is 54.3 Å². The van der Waals surface area contributed by atoms with Gasteiger partial charge in [0.25, 0.3) is 5.56 Å². The number of carbonyl (C=O) groups is 1. The lowest BCUT2D eigenvalue weighted by Crippen LogP contribution is -2.40. The first kappa shape index (κ1) is 20.9. The summed E-state index contributed by atoms with van der Waals surface area (Å²) in [5.74, 6) is 0.871. The molecule has 1 aromatic carbocycles. The molecular weight excluding hydrogens is 442 g/mol. The Morgan fingerprint density at radius 3 is 2.55 bits per heavy atom. The number of ether oxygens (including phenoxy) is 2. The van der Waals surface area contributed by atoms with E-state index in [-0.39, 0.29) is 17.1 Å². The van der Waals surface area contributed by atoms with Crippen LogP contribution in [0.4, 0.5) is 5.82 Å². The maximum atomic E-state index is 12.9. The molecule has 0 saturated carbocycles. The Hall–Kier alpha value is -2.81. The number of fused-ring (bicyclic) bond motifs is 1. The normalized spacial score (nSPS) is 14.1. The molecule has 154 valence electrons. The molecule has 0 spiro atoms. The zero-order valence-electron chi connectivity index (χ0n) is 16.7. The summed E-state index contributed by atoms with van der Waals surface area (Å²) in [6.07, 6.45) is 2.30. The third-order valence-electron chi connectivity index (χ3n) is 4.56. The van der Waals surface area contributed by atoms with Crippen LogP contribution in [-0.4, -0.2) is 28.6 Å². The van der Waals surface area contributed by atoms with Gasteiger partial charge in [-0.2, -0.15) is 0 Å². The lowest BCUT2D eigenvalue weighted by molar-refractivity contribution is 0.104. The van der Waals surface area contributed by atoms with Gasteiger partial charge in [0.2, 0.25) is 5.78 Å². The fourth-order valence-electron chi connectivity index (χ4n) is 3.25. The van der Waals surface area contributed by atoms with Crippen molar-refractivity contribution in [3.8, 4) is 11.5 Å². The zero-order valence-corrected chi connectivity index (χ0v) is 18.3. The molecule has 0 aliphatic carbocycles. The van der Waals surface area contributed by atoms with Crippen molar-refractivity contribution in [2.24, 2.45) is 7.05 Å². The summed E-state index contributed by atoms with van der Waals surface area (Å²) in [5, 5.41) is 2.97. The highest BCUT2D eigenvalue weighted by atomic mass is 79.9. The molecule has 2 heterocycles. The summed E-state index contributed by atoms with van der Waals surface area (Å²) in [5.41, 5.74) is -0.199. The highest BCUT2D eigenvalue weighted by Gasteiger charge is 2.32. The molecule has 1 aliphatic rings. The first-order valence-electron chi connectivity index (χ1n) is 9.21. The predicted molar refractivity (Wildman–Crippen MR) is 114 cm³/mol. The number of nitrogens with one attached hydrogen (secondary N) is 1. The number of carbonyl (C=O) groups excluding carboxylic acids is 1. The van der Waals surface area contributed by atoms with Crippen LogP contribution in [0.3, 0.4) is 0 Å². The van der Waals surface area contributed by atoms with Gasteiger partial charge < -0.3 is 14.8 Å². The van der Waals surface area contributed by atoms with E-state index in [9.17, 15) is 14.4 Å². The quantitative estimate of drug-likeness (QED) is 0.662. The molecule has 8 nitrogen and oxygen atoms in total. The largest absolute Gasteiger partial charge is 0.492 e. The van der Waals surface area contributed by atoms with Gasteiger partial charge in [0.1, 0.15) is 11.4 Å². The van der Waals surface area contributed by atoms with Gasteiger partial charge >= 0.3 is 5.69 Å². The van der Waals surface area contributed by atoms with Crippen LogP contribution >= 0.6 is 15.9 Å². The molecule has 1 aliphatic heterocycles. The molecule has 0 fully saturated rings. The van der Waals surface area contributed by atoms with Gasteiger partial charge in [0.15, 0.2) is 11.5 Å². The van der Waals surface area contributed by atoms with E-state index in [2.05, 4.69) is 21.2 Å². The van der Waals surface area contributed by atoms with Crippen LogP contribution in [0.25, 0.3) is 6.08 Å². The van der Waals surface area contributed by atoms with Crippen molar-refractivity contribution in [1.82, 2.24) is 9.13 Å². The van der Waals surface area contributed by atoms with Gasteiger partial charge in [0.05, 0.1) is 23.9 Å². The second-order valence-electron chi connectivity index (χ2n) is 6.50. The summed E-state index contributed by atoms with van der Waals surface area (Å²) in [4.78, 5) is 37.9. The van der Waals surface area contributed by atoms with E-state index < -0.39 is 17.0 Å². The number of benzene rings is 1. The van der Waals surface area contributed by atoms with E-state index in [4.69, 9.17) is 9.47 Å². The second-order valence-corrected chi connectivity index (χ2v) is 7.36. The van der Waals surface area contributed by atoms with E-state index in [1.165, 1.54) is 11.6 Å². The number of hydrogen-bond acceptors (Lipinski definition) is 6. The molecule has 0 radical (unpaired) electrons. The monoisotopic (exact) mass is 463 g/mol. The van der Waals surface area contributed by atoms with Crippen molar-refractivity contribution in [3.63, 3.8) is 0 Å². The summed E-state index contributed by atoms with van der Waals surface area (Å²) in [7, 11) is 2.92. The molecule has 0 amide bonds. The molecule has 0 atom stereocenters. The minimum atomic E-state index is -0.607. The Morgan fingerprint density at radius 1 is 1.21 bits per heavy atom. The molecule has 0 unspecified atom stereocenters. The van der Waals surface area contributed by atoms with Crippen molar-refractivity contribution in [2.45, 2.75) is 26.8 Å². The molecule has 1 N–H and O–H groups in total. The number of halogens is 1. The SMILES string of the molecule is CCCn1c2c(c(=O)n(C)c1=O)C(=O)/C(=C\c1cc(Br)c(OC)c(OCC)c1)N2. The molecular formula is C20H22BrN3O5.